The molecule has 0 radical (unpaired) electrons. The second-order valence-electron chi connectivity index (χ2n) is 9.48. The molecule has 0 saturated carbocycles. The second kappa shape index (κ2) is 10.1. The smallest absolute Gasteiger partial charge is 0.409 e. The van der Waals surface area contributed by atoms with Crippen LogP contribution in [-0.2, 0) is 16.7 Å². The molecule has 3 aliphatic rings. The van der Waals surface area contributed by atoms with E-state index in [1.807, 2.05) is 16.7 Å². The normalized spacial score (nSPS) is 21.3. The van der Waals surface area contributed by atoms with Gasteiger partial charge in [-0.1, -0.05) is 31.2 Å². The van der Waals surface area contributed by atoms with E-state index in [1.165, 1.54) is 11.1 Å². The van der Waals surface area contributed by atoms with Gasteiger partial charge in [0.2, 0.25) is 0 Å². The highest BCUT2D eigenvalue weighted by atomic mass is 16.6. The van der Waals surface area contributed by atoms with Crippen LogP contribution in [0, 0.1) is 0 Å². The van der Waals surface area contributed by atoms with E-state index in [0.717, 1.165) is 71.4 Å². The van der Waals surface area contributed by atoms with Crippen molar-refractivity contribution in [3.8, 4) is 0 Å². The molecule has 32 heavy (non-hydrogen) atoms. The fourth-order valence-electron chi connectivity index (χ4n) is 5.75. The highest BCUT2D eigenvalue weighted by Crippen LogP contribution is 2.42. The first-order valence-electron chi connectivity index (χ1n) is 12.3. The molecule has 7 nitrogen and oxygen atoms in total. The SMILES string of the molecule is CCCNC(=O)N1Cc2ccccc2C2(CCN(C3CCN(C(=O)OCC)CC3)CC2)C1. The van der Waals surface area contributed by atoms with Crippen molar-refractivity contribution < 1.29 is 14.3 Å². The Morgan fingerprint density at radius 2 is 1.78 bits per heavy atom. The van der Waals surface area contributed by atoms with Crippen LogP contribution in [0.5, 0.6) is 0 Å². The first-order chi connectivity index (χ1) is 15.6. The molecule has 0 atom stereocenters. The van der Waals surface area contributed by atoms with Crippen LogP contribution in [0.25, 0.3) is 0 Å². The quantitative estimate of drug-likeness (QED) is 0.774. The molecule has 176 valence electrons. The lowest BCUT2D eigenvalue weighted by atomic mass is 9.68. The van der Waals surface area contributed by atoms with E-state index in [2.05, 4.69) is 41.4 Å². The lowest BCUT2D eigenvalue weighted by Crippen LogP contribution is -2.57. The number of amides is 3. The van der Waals surface area contributed by atoms with E-state index in [1.54, 1.807) is 0 Å². The standard InChI is InChI=1S/C25H38N4O3/c1-3-13-26-23(30)29-18-20-7-5-6-8-22(20)25(19-29)11-16-27(17-12-25)21-9-14-28(15-10-21)24(31)32-4-2/h5-8,21H,3-4,9-19H2,1-2H3,(H,26,30). The Morgan fingerprint density at radius 1 is 1.06 bits per heavy atom. The first-order valence-corrected chi connectivity index (χ1v) is 12.3. The summed E-state index contributed by atoms with van der Waals surface area (Å²) in [6.07, 6.45) is 4.93. The van der Waals surface area contributed by atoms with Gasteiger partial charge in [-0.2, -0.15) is 0 Å². The Bertz CT molecular complexity index is 798. The van der Waals surface area contributed by atoms with Crippen molar-refractivity contribution in [3.63, 3.8) is 0 Å². The van der Waals surface area contributed by atoms with Gasteiger partial charge in [0.25, 0.3) is 0 Å². The molecule has 2 fully saturated rings. The molecule has 1 N–H and O–H groups in total. The van der Waals surface area contributed by atoms with Crippen molar-refractivity contribution >= 4 is 12.1 Å². The number of carbonyl (C=O) groups is 2. The Balaban J connectivity index is 1.40. The number of fused-ring (bicyclic) bond motifs is 2. The summed E-state index contributed by atoms with van der Waals surface area (Å²) < 4.78 is 5.16. The summed E-state index contributed by atoms with van der Waals surface area (Å²) >= 11 is 0. The van der Waals surface area contributed by atoms with Gasteiger partial charge >= 0.3 is 12.1 Å². The minimum atomic E-state index is -0.177. The minimum absolute atomic E-state index is 0.0422. The predicted octanol–water partition coefficient (Wildman–Crippen LogP) is 3.58. The minimum Gasteiger partial charge on any atom is -0.450 e. The summed E-state index contributed by atoms with van der Waals surface area (Å²) in [4.78, 5) is 31.3. The van der Waals surface area contributed by atoms with E-state index in [9.17, 15) is 9.59 Å². The van der Waals surface area contributed by atoms with Gasteiger partial charge in [0, 0.05) is 44.2 Å². The molecule has 1 aromatic carbocycles. The van der Waals surface area contributed by atoms with Crippen molar-refractivity contribution in [2.75, 3.05) is 45.9 Å². The van der Waals surface area contributed by atoms with Gasteiger partial charge < -0.3 is 24.8 Å². The summed E-state index contributed by atoms with van der Waals surface area (Å²) in [7, 11) is 0. The molecule has 0 unspecified atom stereocenters. The van der Waals surface area contributed by atoms with Gasteiger partial charge in [-0.15, -0.1) is 0 Å². The molecular weight excluding hydrogens is 404 g/mol. The fourth-order valence-corrected chi connectivity index (χ4v) is 5.75. The number of hydrogen-bond acceptors (Lipinski definition) is 4. The predicted molar refractivity (Wildman–Crippen MR) is 125 cm³/mol. The van der Waals surface area contributed by atoms with Crippen LogP contribution in [0.2, 0.25) is 0 Å². The summed E-state index contributed by atoms with van der Waals surface area (Å²) in [5.41, 5.74) is 2.78. The second-order valence-corrected chi connectivity index (χ2v) is 9.48. The zero-order valence-corrected chi connectivity index (χ0v) is 19.6. The lowest BCUT2D eigenvalue weighted by Gasteiger charge is -2.50. The van der Waals surface area contributed by atoms with Crippen LogP contribution in [0.1, 0.15) is 57.1 Å². The Labute approximate surface area is 192 Å². The number of benzene rings is 1. The highest BCUT2D eigenvalue weighted by Gasteiger charge is 2.44. The molecule has 2 saturated heterocycles. The van der Waals surface area contributed by atoms with Gasteiger partial charge in [-0.25, -0.2) is 9.59 Å². The van der Waals surface area contributed by atoms with Crippen molar-refractivity contribution in [3.05, 3.63) is 35.4 Å². The number of ether oxygens (including phenoxy) is 1. The summed E-state index contributed by atoms with van der Waals surface area (Å²) in [5, 5.41) is 3.07. The number of rotatable bonds is 4. The number of piperidine rings is 2. The van der Waals surface area contributed by atoms with E-state index in [-0.39, 0.29) is 17.5 Å². The molecule has 4 rings (SSSR count). The largest absolute Gasteiger partial charge is 0.450 e. The molecule has 0 aromatic heterocycles. The Kier molecular flexibility index (Phi) is 7.23. The van der Waals surface area contributed by atoms with E-state index in [0.29, 0.717) is 19.2 Å². The molecule has 1 aromatic rings. The lowest BCUT2D eigenvalue weighted by molar-refractivity contribution is 0.0471. The van der Waals surface area contributed by atoms with Crippen LogP contribution in [0.15, 0.2) is 24.3 Å². The van der Waals surface area contributed by atoms with Crippen molar-refractivity contribution in [1.29, 1.82) is 0 Å². The maximum atomic E-state index is 12.8. The number of nitrogens with zero attached hydrogens (tertiary/aromatic N) is 3. The van der Waals surface area contributed by atoms with Gasteiger partial charge in [0.15, 0.2) is 0 Å². The summed E-state index contributed by atoms with van der Waals surface area (Å²) in [5.74, 6) is 0. The third-order valence-corrected chi connectivity index (χ3v) is 7.52. The van der Waals surface area contributed by atoms with Gasteiger partial charge in [-0.05, 0) is 63.2 Å². The topological polar surface area (TPSA) is 65.1 Å². The van der Waals surface area contributed by atoms with E-state index in [4.69, 9.17) is 4.74 Å². The number of nitrogens with one attached hydrogen (secondary N) is 1. The first kappa shape index (κ1) is 22.9. The molecule has 0 bridgehead atoms. The molecule has 7 heteroatoms. The van der Waals surface area contributed by atoms with Crippen molar-refractivity contribution in [1.82, 2.24) is 20.0 Å². The summed E-state index contributed by atoms with van der Waals surface area (Å²) in [6.45, 7) is 10.2. The Hall–Kier alpha value is -2.28. The molecular formula is C25H38N4O3. The zero-order chi connectivity index (χ0) is 22.6. The van der Waals surface area contributed by atoms with Gasteiger partial charge in [0.05, 0.1) is 6.61 Å². The van der Waals surface area contributed by atoms with Crippen LogP contribution in [0.3, 0.4) is 0 Å². The third-order valence-electron chi connectivity index (χ3n) is 7.52. The average molecular weight is 443 g/mol. The van der Waals surface area contributed by atoms with E-state index >= 15 is 0 Å². The molecule has 3 heterocycles. The zero-order valence-electron chi connectivity index (χ0n) is 19.6. The molecule has 3 aliphatic heterocycles. The number of carbonyl (C=O) groups excluding carboxylic acids is 2. The van der Waals surface area contributed by atoms with Crippen LogP contribution >= 0.6 is 0 Å². The number of urea groups is 1. The van der Waals surface area contributed by atoms with Crippen LogP contribution in [-0.4, -0.2) is 78.7 Å². The highest BCUT2D eigenvalue weighted by molar-refractivity contribution is 5.75. The Morgan fingerprint density at radius 3 is 2.47 bits per heavy atom. The third kappa shape index (κ3) is 4.72. The summed E-state index contributed by atoms with van der Waals surface area (Å²) in [6, 6.07) is 9.30. The number of hydrogen-bond donors (Lipinski definition) is 1. The molecule has 0 aliphatic carbocycles. The van der Waals surface area contributed by atoms with Crippen molar-refractivity contribution in [2.45, 2.75) is 64.0 Å². The monoisotopic (exact) mass is 442 g/mol. The fraction of sp³-hybridized carbons (Fsp3) is 0.680. The van der Waals surface area contributed by atoms with Crippen LogP contribution in [0.4, 0.5) is 9.59 Å². The molecule has 3 amide bonds. The van der Waals surface area contributed by atoms with Gasteiger partial charge in [0.1, 0.15) is 0 Å². The van der Waals surface area contributed by atoms with Crippen LogP contribution < -0.4 is 5.32 Å². The van der Waals surface area contributed by atoms with E-state index < -0.39 is 0 Å². The van der Waals surface area contributed by atoms with Gasteiger partial charge in [-0.3, -0.25) is 0 Å². The maximum Gasteiger partial charge on any atom is 0.409 e. The average Bonchev–Trinajstić information content (AvgIpc) is 2.83. The maximum absolute atomic E-state index is 12.8. The van der Waals surface area contributed by atoms with Crippen molar-refractivity contribution in [2.24, 2.45) is 0 Å². The number of likely N-dealkylation sites (tertiary alicyclic amines) is 2. The molecule has 1 spiro atoms.